The molecule has 0 aliphatic heterocycles. The lowest BCUT2D eigenvalue weighted by atomic mass is 10.0. The summed E-state index contributed by atoms with van der Waals surface area (Å²) in [4.78, 5) is 11.7. The zero-order valence-corrected chi connectivity index (χ0v) is 14.0. The summed E-state index contributed by atoms with van der Waals surface area (Å²) in [6.07, 6.45) is 0.765. The van der Waals surface area contributed by atoms with E-state index < -0.39 is 20.8 Å². The number of amides is 1. The number of carbonyl (C=O) groups excluding carboxylic acids is 1. The molecule has 1 N–H and O–H groups in total. The van der Waals surface area contributed by atoms with Crippen molar-refractivity contribution >= 4 is 25.6 Å². The van der Waals surface area contributed by atoms with Gasteiger partial charge in [-0.2, -0.15) is 0 Å². The smallest absolute Gasteiger partial charge is 0.261 e. The second-order valence-electron chi connectivity index (χ2n) is 5.52. The van der Waals surface area contributed by atoms with E-state index in [4.69, 9.17) is 10.7 Å². The van der Waals surface area contributed by atoms with Crippen LogP contribution in [0.25, 0.3) is 0 Å². The molecule has 0 bridgehead atoms. The molecule has 21 heavy (non-hydrogen) atoms. The number of hydrogen-bond donors (Lipinski definition) is 1. The van der Waals surface area contributed by atoms with E-state index >= 15 is 0 Å². The Morgan fingerprint density at radius 3 is 2.38 bits per heavy atom. The Bertz CT molecular complexity index is 644. The maximum Gasteiger partial charge on any atom is 0.261 e. The topological polar surface area (TPSA) is 63.2 Å². The van der Waals surface area contributed by atoms with Gasteiger partial charge in [0.15, 0.2) is 0 Å². The van der Waals surface area contributed by atoms with E-state index in [0.717, 1.165) is 18.6 Å². The van der Waals surface area contributed by atoms with Gasteiger partial charge in [0.2, 0.25) is 0 Å². The molecule has 1 atom stereocenters. The lowest BCUT2D eigenvalue weighted by Crippen LogP contribution is -2.33. The van der Waals surface area contributed by atoms with Crippen LogP contribution in [-0.2, 0) is 9.05 Å². The second-order valence-corrected chi connectivity index (χ2v) is 8.06. The number of carbonyl (C=O) groups is 1. The lowest BCUT2D eigenvalue weighted by molar-refractivity contribution is 0.0935. The van der Waals surface area contributed by atoms with Crippen LogP contribution >= 0.6 is 10.7 Å². The Kier molecular flexibility index (Phi) is 5.75. The summed E-state index contributed by atoms with van der Waals surface area (Å²) in [6, 6.07) is 2.01. The van der Waals surface area contributed by atoms with Crippen molar-refractivity contribution in [1.82, 2.24) is 5.32 Å². The Morgan fingerprint density at radius 1 is 1.33 bits per heavy atom. The van der Waals surface area contributed by atoms with E-state index in [2.05, 4.69) is 5.32 Å². The minimum atomic E-state index is -4.11. The highest BCUT2D eigenvalue weighted by Gasteiger charge is 2.21. The maximum absolute atomic E-state index is 13.8. The molecule has 7 heteroatoms. The Morgan fingerprint density at radius 2 is 1.90 bits per heavy atom. The molecule has 1 aromatic rings. The SMILES string of the molecule is Cc1c(F)cc(C(=O)NC(C)CC(C)C)cc1S(=O)(=O)Cl. The first-order valence-electron chi connectivity index (χ1n) is 6.58. The van der Waals surface area contributed by atoms with Gasteiger partial charge < -0.3 is 5.32 Å². The summed E-state index contributed by atoms with van der Waals surface area (Å²) in [5, 5.41) is 2.71. The third-order valence-electron chi connectivity index (χ3n) is 3.02. The molecule has 0 saturated carbocycles. The fraction of sp³-hybridized carbons (Fsp3) is 0.500. The summed E-state index contributed by atoms with van der Waals surface area (Å²) in [5.41, 5.74) is -0.162. The van der Waals surface area contributed by atoms with Crippen molar-refractivity contribution in [3.63, 3.8) is 0 Å². The molecule has 0 saturated heterocycles. The summed E-state index contributed by atoms with van der Waals surface area (Å²) in [6.45, 7) is 7.17. The predicted octanol–water partition coefficient (Wildman–Crippen LogP) is 3.23. The first-order chi connectivity index (χ1) is 9.52. The molecule has 118 valence electrons. The Hall–Kier alpha value is -1.14. The Balaban J connectivity index is 3.09. The van der Waals surface area contributed by atoms with Gasteiger partial charge in [-0.1, -0.05) is 13.8 Å². The maximum atomic E-state index is 13.8. The van der Waals surface area contributed by atoms with Gasteiger partial charge in [0.25, 0.3) is 15.0 Å². The zero-order valence-electron chi connectivity index (χ0n) is 12.4. The normalized spacial score (nSPS) is 13.3. The highest BCUT2D eigenvalue weighted by molar-refractivity contribution is 8.13. The highest BCUT2D eigenvalue weighted by Crippen LogP contribution is 2.24. The van der Waals surface area contributed by atoms with Crippen LogP contribution in [0.3, 0.4) is 0 Å². The van der Waals surface area contributed by atoms with Gasteiger partial charge in [0.05, 0.1) is 4.90 Å². The first-order valence-corrected chi connectivity index (χ1v) is 8.89. The molecule has 0 aliphatic rings. The molecule has 4 nitrogen and oxygen atoms in total. The van der Waals surface area contributed by atoms with E-state index in [-0.39, 0.29) is 22.1 Å². The molecule has 0 aromatic heterocycles. The lowest BCUT2D eigenvalue weighted by Gasteiger charge is -2.16. The van der Waals surface area contributed by atoms with Gasteiger partial charge in [-0.05, 0) is 38.3 Å². The molecule has 0 spiro atoms. The molecule has 1 unspecified atom stereocenters. The van der Waals surface area contributed by atoms with Gasteiger partial charge in [-0.3, -0.25) is 4.79 Å². The van der Waals surface area contributed by atoms with Crippen LogP contribution in [-0.4, -0.2) is 20.4 Å². The zero-order chi connectivity index (χ0) is 16.4. The molecule has 0 aliphatic carbocycles. The molecular weight excluding hydrogens is 317 g/mol. The average molecular weight is 336 g/mol. The second kappa shape index (κ2) is 6.75. The molecular formula is C14H19ClFNO3S. The number of nitrogens with one attached hydrogen (secondary N) is 1. The van der Waals surface area contributed by atoms with Crippen molar-refractivity contribution in [2.45, 2.75) is 45.1 Å². The summed E-state index contributed by atoms with van der Waals surface area (Å²) >= 11 is 0. The molecule has 1 aromatic carbocycles. The van der Waals surface area contributed by atoms with Crippen molar-refractivity contribution in [3.05, 3.63) is 29.1 Å². The van der Waals surface area contributed by atoms with Crippen molar-refractivity contribution < 1.29 is 17.6 Å². The van der Waals surface area contributed by atoms with Crippen LogP contribution < -0.4 is 5.32 Å². The average Bonchev–Trinajstić information content (AvgIpc) is 2.29. The fourth-order valence-corrected chi connectivity index (χ4v) is 3.32. The monoisotopic (exact) mass is 335 g/mol. The molecule has 1 amide bonds. The van der Waals surface area contributed by atoms with Gasteiger partial charge in [0, 0.05) is 27.9 Å². The van der Waals surface area contributed by atoms with Crippen LogP contribution in [0.1, 0.15) is 43.1 Å². The predicted molar refractivity (Wildman–Crippen MR) is 80.6 cm³/mol. The van der Waals surface area contributed by atoms with Gasteiger partial charge in [0.1, 0.15) is 5.82 Å². The van der Waals surface area contributed by atoms with Crippen LogP contribution in [0.5, 0.6) is 0 Å². The van der Waals surface area contributed by atoms with E-state index in [0.29, 0.717) is 5.92 Å². The van der Waals surface area contributed by atoms with Crippen molar-refractivity contribution in [3.8, 4) is 0 Å². The summed E-state index contributed by atoms with van der Waals surface area (Å²) < 4.78 is 36.6. The van der Waals surface area contributed by atoms with Crippen molar-refractivity contribution in [2.24, 2.45) is 5.92 Å². The molecule has 0 fully saturated rings. The standard InChI is InChI=1S/C14H19ClFNO3S/c1-8(2)5-9(3)17-14(18)11-6-12(16)10(4)13(7-11)21(15,19)20/h6-9H,5H2,1-4H3,(H,17,18). The third-order valence-corrected chi connectivity index (χ3v) is 4.47. The third kappa shape index (κ3) is 4.97. The van der Waals surface area contributed by atoms with Crippen LogP contribution in [0.2, 0.25) is 0 Å². The van der Waals surface area contributed by atoms with Gasteiger partial charge >= 0.3 is 0 Å². The van der Waals surface area contributed by atoms with Gasteiger partial charge in [-0.25, -0.2) is 12.8 Å². The first kappa shape index (κ1) is 17.9. The Labute approximate surface area is 129 Å². The number of halogens is 2. The quantitative estimate of drug-likeness (QED) is 0.840. The van der Waals surface area contributed by atoms with Crippen LogP contribution in [0.15, 0.2) is 17.0 Å². The van der Waals surface area contributed by atoms with E-state index in [1.54, 1.807) is 0 Å². The molecule has 0 heterocycles. The fourth-order valence-electron chi connectivity index (χ4n) is 2.11. The van der Waals surface area contributed by atoms with E-state index in [9.17, 15) is 17.6 Å². The minimum Gasteiger partial charge on any atom is -0.350 e. The largest absolute Gasteiger partial charge is 0.350 e. The summed E-state index contributed by atoms with van der Waals surface area (Å²) in [5.74, 6) is -0.907. The number of hydrogen-bond acceptors (Lipinski definition) is 3. The van der Waals surface area contributed by atoms with Gasteiger partial charge in [-0.15, -0.1) is 0 Å². The van der Waals surface area contributed by atoms with Crippen LogP contribution in [0, 0.1) is 18.7 Å². The van der Waals surface area contributed by atoms with Crippen molar-refractivity contribution in [2.75, 3.05) is 0 Å². The van der Waals surface area contributed by atoms with E-state index in [1.807, 2.05) is 20.8 Å². The molecule has 0 radical (unpaired) electrons. The number of benzene rings is 1. The minimum absolute atomic E-state index is 0.0621. The summed E-state index contributed by atoms with van der Waals surface area (Å²) in [7, 11) is 1.15. The number of rotatable bonds is 5. The molecule has 1 rings (SSSR count). The van der Waals surface area contributed by atoms with Crippen molar-refractivity contribution in [1.29, 1.82) is 0 Å². The highest BCUT2D eigenvalue weighted by atomic mass is 35.7. The van der Waals surface area contributed by atoms with E-state index in [1.165, 1.54) is 6.92 Å². The van der Waals surface area contributed by atoms with Crippen LogP contribution in [0.4, 0.5) is 4.39 Å².